The van der Waals surface area contributed by atoms with Crippen molar-refractivity contribution in [2.75, 3.05) is 27.2 Å². The van der Waals surface area contributed by atoms with E-state index in [1.165, 1.54) is 0 Å². The summed E-state index contributed by atoms with van der Waals surface area (Å²) in [6.07, 6.45) is 0.933. The lowest BCUT2D eigenvalue weighted by atomic mass is 10.3. The van der Waals surface area contributed by atoms with Gasteiger partial charge in [0.15, 0.2) is 0 Å². The van der Waals surface area contributed by atoms with Gasteiger partial charge in [0.25, 0.3) is 0 Å². The number of rotatable bonds is 5. The quantitative estimate of drug-likeness (QED) is 0.695. The Morgan fingerprint density at radius 1 is 1.50 bits per heavy atom. The van der Waals surface area contributed by atoms with Gasteiger partial charge in [0.1, 0.15) is 11.6 Å². The summed E-state index contributed by atoms with van der Waals surface area (Å²) in [5, 5.41) is 13.1. The Labute approximate surface area is 96.2 Å². The first-order valence-corrected chi connectivity index (χ1v) is 5.27. The van der Waals surface area contributed by atoms with Crippen LogP contribution >= 0.6 is 0 Å². The van der Waals surface area contributed by atoms with Gasteiger partial charge in [0.2, 0.25) is 5.88 Å². The van der Waals surface area contributed by atoms with E-state index in [0.717, 1.165) is 13.0 Å². The number of nitriles is 1. The first-order valence-electron chi connectivity index (χ1n) is 5.27. The van der Waals surface area contributed by atoms with Crippen LogP contribution in [-0.4, -0.2) is 41.9 Å². The summed E-state index contributed by atoms with van der Waals surface area (Å²) >= 11 is 0. The summed E-state index contributed by atoms with van der Waals surface area (Å²) in [7, 11) is 5.83. The molecule has 1 heterocycles. The zero-order valence-electron chi connectivity index (χ0n) is 10.3. The monoisotopic (exact) mass is 222 g/mol. The fourth-order valence-corrected chi connectivity index (χ4v) is 1.48. The molecule has 1 rings (SSSR count). The topological polar surface area (TPSA) is 54.1 Å². The van der Waals surface area contributed by atoms with Gasteiger partial charge < -0.3 is 9.64 Å². The van der Waals surface area contributed by atoms with Crippen LogP contribution < -0.4 is 4.74 Å². The lowest BCUT2D eigenvalue weighted by Gasteiger charge is -2.10. The third kappa shape index (κ3) is 2.97. The Balaban J connectivity index is 2.57. The van der Waals surface area contributed by atoms with Crippen LogP contribution in [0, 0.1) is 18.3 Å². The second-order valence-electron chi connectivity index (χ2n) is 4.01. The molecule has 0 fully saturated rings. The molecule has 0 aliphatic carbocycles. The van der Waals surface area contributed by atoms with Crippen molar-refractivity contribution >= 4 is 0 Å². The van der Waals surface area contributed by atoms with E-state index in [-0.39, 0.29) is 0 Å². The highest BCUT2D eigenvalue weighted by Crippen LogP contribution is 2.19. The molecule has 5 heteroatoms. The van der Waals surface area contributed by atoms with E-state index in [4.69, 9.17) is 10.00 Å². The highest BCUT2D eigenvalue weighted by atomic mass is 16.5. The summed E-state index contributed by atoms with van der Waals surface area (Å²) in [5.41, 5.74) is 1.25. The maximum atomic E-state index is 8.97. The standard InChI is InChI=1S/C11H18N4O/c1-9-10(8-12)11(15(4)13-9)16-7-5-6-14(2)3/h5-7H2,1-4H3. The Morgan fingerprint density at radius 3 is 2.75 bits per heavy atom. The minimum atomic E-state index is 0.535. The molecule has 16 heavy (non-hydrogen) atoms. The van der Waals surface area contributed by atoms with E-state index in [0.29, 0.717) is 23.7 Å². The van der Waals surface area contributed by atoms with Gasteiger partial charge in [0, 0.05) is 13.6 Å². The first kappa shape index (κ1) is 12.5. The van der Waals surface area contributed by atoms with Crippen LogP contribution in [0.25, 0.3) is 0 Å². The zero-order valence-corrected chi connectivity index (χ0v) is 10.3. The average Bonchev–Trinajstić information content (AvgIpc) is 2.47. The Morgan fingerprint density at radius 2 is 2.19 bits per heavy atom. The number of aromatic nitrogens is 2. The number of ether oxygens (including phenoxy) is 1. The molecule has 0 saturated carbocycles. The first-order chi connectivity index (χ1) is 7.56. The van der Waals surface area contributed by atoms with Crippen molar-refractivity contribution in [1.29, 1.82) is 5.26 Å². The van der Waals surface area contributed by atoms with Crippen LogP contribution in [0.1, 0.15) is 17.7 Å². The molecule has 0 spiro atoms. The molecular weight excluding hydrogens is 204 g/mol. The molecule has 1 aromatic rings. The molecule has 0 aliphatic heterocycles. The number of nitrogens with zero attached hydrogens (tertiary/aromatic N) is 4. The van der Waals surface area contributed by atoms with Crippen molar-refractivity contribution in [3.63, 3.8) is 0 Å². The van der Waals surface area contributed by atoms with Gasteiger partial charge >= 0.3 is 0 Å². The van der Waals surface area contributed by atoms with Crippen LogP contribution in [0.3, 0.4) is 0 Å². The Hall–Kier alpha value is -1.54. The second kappa shape index (κ2) is 5.52. The Bertz CT molecular complexity index is 389. The molecule has 0 unspecified atom stereocenters. The van der Waals surface area contributed by atoms with Crippen molar-refractivity contribution in [2.45, 2.75) is 13.3 Å². The summed E-state index contributed by atoms with van der Waals surface area (Å²) in [6, 6.07) is 2.12. The van der Waals surface area contributed by atoms with Gasteiger partial charge in [-0.1, -0.05) is 0 Å². The van der Waals surface area contributed by atoms with Crippen LogP contribution in [0.2, 0.25) is 0 Å². The largest absolute Gasteiger partial charge is 0.477 e. The van der Waals surface area contributed by atoms with Crippen molar-refractivity contribution in [1.82, 2.24) is 14.7 Å². The fraction of sp³-hybridized carbons (Fsp3) is 0.636. The maximum Gasteiger partial charge on any atom is 0.230 e. The lowest BCUT2D eigenvalue weighted by Crippen LogP contribution is -2.16. The molecular formula is C11H18N4O. The number of aryl methyl sites for hydroxylation is 2. The molecule has 0 amide bonds. The number of hydrogen-bond donors (Lipinski definition) is 0. The SMILES string of the molecule is Cc1nn(C)c(OCCCN(C)C)c1C#N. The summed E-state index contributed by atoms with van der Waals surface area (Å²) in [4.78, 5) is 2.10. The van der Waals surface area contributed by atoms with E-state index in [1.807, 2.05) is 21.0 Å². The van der Waals surface area contributed by atoms with Crippen molar-refractivity contribution < 1.29 is 4.74 Å². The summed E-state index contributed by atoms with van der Waals surface area (Å²) in [5.74, 6) is 0.568. The van der Waals surface area contributed by atoms with Crippen LogP contribution in [0.15, 0.2) is 0 Å². The van der Waals surface area contributed by atoms with Gasteiger partial charge in [-0.25, -0.2) is 4.68 Å². The molecule has 88 valence electrons. The predicted molar refractivity (Wildman–Crippen MR) is 61.3 cm³/mol. The molecule has 0 aliphatic rings. The van der Waals surface area contributed by atoms with Crippen molar-refractivity contribution in [2.24, 2.45) is 7.05 Å². The van der Waals surface area contributed by atoms with E-state index < -0.39 is 0 Å². The highest BCUT2D eigenvalue weighted by molar-refractivity contribution is 5.41. The minimum Gasteiger partial charge on any atom is -0.477 e. The molecule has 1 aromatic heterocycles. The minimum absolute atomic E-state index is 0.535. The van der Waals surface area contributed by atoms with Gasteiger partial charge in [-0.05, 0) is 27.4 Å². The number of hydrogen-bond acceptors (Lipinski definition) is 4. The van der Waals surface area contributed by atoms with Crippen LogP contribution in [0.4, 0.5) is 0 Å². The lowest BCUT2D eigenvalue weighted by molar-refractivity contribution is 0.262. The highest BCUT2D eigenvalue weighted by Gasteiger charge is 2.13. The summed E-state index contributed by atoms with van der Waals surface area (Å²) < 4.78 is 7.20. The molecule has 0 saturated heterocycles. The van der Waals surface area contributed by atoms with Crippen LogP contribution in [0.5, 0.6) is 5.88 Å². The summed E-state index contributed by atoms with van der Waals surface area (Å²) in [6.45, 7) is 3.38. The molecule has 0 N–H and O–H groups in total. The Kier molecular flexibility index (Phi) is 4.32. The van der Waals surface area contributed by atoms with Crippen LogP contribution in [-0.2, 0) is 7.05 Å². The molecule has 5 nitrogen and oxygen atoms in total. The maximum absolute atomic E-state index is 8.97. The smallest absolute Gasteiger partial charge is 0.230 e. The third-order valence-electron chi connectivity index (χ3n) is 2.27. The molecule has 0 radical (unpaired) electrons. The normalized spacial score (nSPS) is 10.5. The van der Waals surface area contributed by atoms with Gasteiger partial charge in [-0.3, -0.25) is 0 Å². The molecule has 0 bridgehead atoms. The van der Waals surface area contributed by atoms with Gasteiger partial charge in [-0.15, -0.1) is 0 Å². The zero-order chi connectivity index (χ0) is 12.1. The van der Waals surface area contributed by atoms with Crippen molar-refractivity contribution in [3.8, 4) is 11.9 Å². The van der Waals surface area contributed by atoms with Gasteiger partial charge in [0.05, 0.1) is 12.3 Å². The van der Waals surface area contributed by atoms with Gasteiger partial charge in [-0.2, -0.15) is 10.4 Å². The van der Waals surface area contributed by atoms with E-state index in [1.54, 1.807) is 11.7 Å². The van der Waals surface area contributed by atoms with E-state index in [9.17, 15) is 0 Å². The third-order valence-corrected chi connectivity index (χ3v) is 2.27. The fourth-order valence-electron chi connectivity index (χ4n) is 1.48. The molecule has 0 atom stereocenters. The van der Waals surface area contributed by atoms with E-state index >= 15 is 0 Å². The van der Waals surface area contributed by atoms with Crippen molar-refractivity contribution in [3.05, 3.63) is 11.3 Å². The average molecular weight is 222 g/mol. The second-order valence-corrected chi connectivity index (χ2v) is 4.01. The predicted octanol–water partition coefficient (Wildman–Crippen LogP) is 0.931. The van der Waals surface area contributed by atoms with E-state index in [2.05, 4.69) is 16.1 Å². The molecule has 0 aromatic carbocycles.